The zero-order chi connectivity index (χ0) is 19.8. The highest BCUT2D eigenvalue weighted by atomic mass is 32.1. The summed E-state index contributed by atoms with van der Waals surface area (Å²) in [4.78, 5) is 27.9. The summed E-state index contributed by atoms with van der Waals surface area (Å²) < 4.78 is 19.6. The number of aryl methyl sites for hydroxylation is 1. The molecule has 3 aliphatic heterocycles. The van der Waals surface area contributed by atoms with Crippen molar-refractivity contribution in [2.45, 2.75) is 37.2 Å². The average molecular weight is 408 g/mol. The number of nitrogens with zero attached hydrogens (tertiary/aromatic N) is 2. The molecule has 3 fully saturated rings. The number of thiol groups is 1. The van der Waals surface area contributed by atoms with E-state index in [-0.39, 0.29) is 47.7 Å². The summed E-state index contributed by atoms with van der Waals surface area (Å²) in [6, 6.07) is 5.14. The highest BCUT2D eigenvalue weighted by Gasteiger charge is 2.41. The molecule has 0 radical (unpaired) electrons. The summed E-state index contributed by atoms with van der Waals surface area (Å²) in [6.45, 7) is 4.36. The normalized spacial score (nSPS) is 26.3. The Hall–Kier alpha value is -1.80. The van der Waals surface area contributed by atoms with Gasteiger partial charge >= 0.3 is 6.03 Å². The number of likely N-dealkylation sites (tertiary alicyclic amines) is 2. The Labute approximate surface area is 169 Å². The van der Waals surface area contributed by atoms with E-state index in [1.807, 2.05) is 24.0 Å². The number of carbonyl (C=O) groups is 2. The van der Waals surface area contributed by atoms with Crippen molar-refractivity contribution in [3.05, 3.63) is 35.1 Å². The first kappa shape index (κ1) is 19.5. The van der Waals surface area contributed by atoms with Crippen LogP contribution in [0, 0.1) is 18.7 Å². The second kappa shape index (κ2) is 7.91. The number of amides is 3. The number of benzene rings is 1. The van der Waals surface area contributed by atoms with Crippen LogP contribution in [0.3, 0.4) is 0 Å². The highest BCUT2D eigenvalue weighted by Crippen LogP contribution is 2.28. The van der Waals surface area contributed by atoms with Crippen molar-refractivity contribution in [2.75, 3.05) is 32.8 Å². The van der Waals surface area contributed by atoms with Crippen LogP contribution >= 0.6 is 12.6 Å². The molecular weight excluding hydrogens is 381 g/mol. The Morgan fingerprint density at radius 1 is 1.36 bits per heavy atom. The quantitative estimate of drug-likeness (QED) is 0.749. The third kappa shape index (κ3) is 3.98. The second-order valence-corrected chi connectivity index (χ2v) is 8.74. The fourth-order valence-corrected chi connectivity index (χ4v) is 4.58. The van der Waals surface area contributed by atoms with Crippen molar-refractivity contribution in [1.29, 1.82) is 0 Å². The first-order valence-electron chi connectivity index (χ1n) is 9.78. The molecule has 3 atom stereocenters. The van der Waals surface area contributed by atoms with Crippen molar-refractivity contribution >= 4 is 24.6 Å². The summed E-state index contributed by atoms with van der Waals surface area (Å²) in [5.74, 6) is -0.0602. The van der Waals surface area contributed by atoms with Gasteiger partial charge in [-0.3, -0.25) is 4.79 Å². The van der Waals surface area contributed by atoms with Crippen molar-refractivity contribution in [1.82, 2.24) is 15.1 Å². The molecule has 1 aromatic rings. The van der Waals surface area contributed by atoms with Gasteiger partial charge in [0.2, 0.25) is 5.91 Å². The van der Waals surface area contributed by atoms with Crippen molar-refractivity contribution in [3.63, 3.8) is 0 Å². The molecule has 1 aromatic carbocycles. The minimum absolute atomic E-state index is 0.00267. The number of morpholine rings is 1. The van der Waals surface area contributed by atoms with Crippen LogP contribution in [0.5, 0.6) is 0 Å². The van der Waals surface area contributed by atoms with E-state index in [1.165, 1.54) is 0 Å². The lowest BCUT2D eigenvalue weighted by Gasteiger charge is -2.47. The number of hydrogen-bond acceptors (Lipinski definition) is 4. The molecule has 1 N–H and O–H groups in total. The Morgan fingerprint density at radius 3 is 2.89 bits per heavy atom. The van der Waals surface area contributed by atoms with Crippen LogP contribution in [0.25, 0.3) is 0 Å². The number of halogens is 1. The molecule has 6 nitrogen and oxygen atoms in total. The van der Waals surface area contributed by atoms with Gasteiger partial charge in [0.25, 0.3) is 0 Å². The number of carbonyl (C=O) groups excluding carboxylic acids is 2. The molecule has 3 aliphatic rings. The molecule has 1 unspecified atom stereocenters. The van der Waals surface area contributed by atoms with Crippen molar-refractivity contribution < 1.29 is 18.7 Å². The number of piperidine rings is 1. The van der Waals surface area contributed by atoms with E-state index in [0.717, 1.165) is 12.0 Å². The van der Waals surface area contributed by atoms with Crippen LogP contribution in [0.15, 0.2) is 18.2 Å². The van der Waals surface area contributed by atoms with Crippen LogP contribution in [-0.4, -0.2) is 71.9 Å². The molecule has 0 saturated carbocycles. The molecule has 3 amide bonds. The van der Waals surface area contributed by atoms with Gasteiger partial charge in [0.05, 0.1) is 12.1 Å². The summed E-state index contributed by atoms with van der Waals surface area (Å²) in [5.41, 5.74) is 1.58. The molecule has 0 bridgehead atoms. The highest BCUT2D eigenvalue weighted by molar-refractivity contribution is 7.81. The van der Waals surface area contributed by atoms with Gasteiger partial charge in [-0.2, -0.15) is 12.6 Å². The lowest BCUT2D eigenvalue weighted by Crippen LogP contribution is -2.64. The molecule has 28 heavy (non-hydrogen) atoms. The van der Waals surface area contributed by atoms with E-state index >= 15 is 0 Å². The van der Waals surface area contributed by atoms with Crippen LogP contribution in [0.1, 0.15) is 17.5 Å². The van der Waals surface area contributed by atoms with E-state index in [4.69, 9.17) is 4.74 Å². The minimum Gasteiger partial charge on any atom is -0.366 e. The number of ether oxygens (including phenoxy) is 1. The van der Waals surface area contributed by atoms with Gasteiger partial charge in [-0.05, 0) is 37.0 Å². The number of rotatable bonds is 3. The number of fused-ring (bicyclic) bond motifs is 1. The van der Waals surface area contributed by atoms with Gasteiger partial charge in [-0.25, -0.2) is 9.18 Å². The number of hydrogen-bond donors (Lipinski definition) is 2. The largest absolute Gasteiger partial charge is 0.366 e. The lowest BCUT2D eigenvalue weighted by atomic mass is 9.91. The standard InChI is InChI=1S/C20H26FN3O3S/c1-12-2-3-13(15(21)6-12)7-18(28)14-8-24(9-14)20(26)23-5-4-17-16(10-23)22-19(25)11-27-17/h2-3,6,14,16-18,28H,4-5,7-11H2,1H3,(H,22,25)/t16-,17+,18?/m1/s1. The molecule has 4 rings (SSSR count). The Balaban J connectivity index is 1.27. The second-order valence-electron chi connectivity index (χ2n) is 8.07. The zero-order valence-electron chi connectivity index (χ0n) is 15.9. The van der Waals surface area contributed by atoms with Gasteiger partial charge in [-0.1, -0.05) is 12.1 Å². The monoisotopic (exact) mass is 407 g/mol. The Kier molecular flexibility index (Phi) is 5.51. The van der Waals surface area contributed by atoms with Crippen LogP contribution in [0.2, 0.25) is 0 Å². The van der Waals surface area contributed by atoms with Gasteiger partial charge in [0.1, 0.15) is 12.4 Å². The lowest BCUT2D eigenvalue weighted by molar-refractivity contribution is -0.139. The predicted octanol–water partition coefficient (Wildman–Crippen LogP) is 1.62. The van der Waals surface area contributed by atoms with Crippen LogP contribution < -0.4 is 5.32 Å². The van der Waals surface area contributed by atoms with E-state index in [2.05, 4.69) is 17.9 Å². The topological polar surface area (TPSA) is 61.9 Å². The molecule has 3 saturated heterocycles. The maximum atomic E-state index is 14.1. The van der Waals surface area contributed by atoms with Crippen LogP contribution in [0.4, 0.5) is 9.18 Å². The summed E-state index contributed by atoms with van der Waals surface area (Å²) in [6.07, 6.45) is 1.28. The van der Waals surface area contributed by atoms with Crippen molar-refractivity contribution in [2.24, 2.45) is 5.92 Å². The van der Waals surface area contributed by atoms with Crippen LogP contribution in [-0.2, 0) is 16.0 Å². The summed E-state index contributed by atoms with van der Waals surface area (Å²) >= 11 is 4.67. The Bertz CT molecular complexity index is 771. The van der Waals surface area contributed by atoms with E-state index < -0.39 is 0 Å². The number of urea groups is 1. The fraction of sp³-hybridized carbons (Fsp3) is 0.600. The minimum atomic E-state index is -0.189. The maximum absolute atomic E-state index is 14.1. The Morgan fingerprint density at radius 2 is 2.14 bits per heavy atom. The zero-order valence-corrected chi connectivity index (χ0v) is 16.8. The third-order valence-electron chi connectivity index (χ3n) is 5.96. The summed E-state index contributed by atoms with van der Waals surface area (Å²) in [7, 11) is 0. The average Bonchev–Trinajstić information content (AvgIpc) is 2.62. The predicted molar refractivity (Wildman–Crippen MR) is 106 cm³/mol. The first-order chi connectivity index (χ1) is 13.4. The van der Waals surface area contributed by atoms with E-state index in [0.29, 0.717) is 38.2 Å². The van der Waals surface area contributed by atoms with Gasteiger partial charge in [0, 0.05) is 37.3 Å². The molecule has 8 heteroatoms. The molecular formula is C20H26FN3O3S. The smallest absolute Gasteiger partial charge is 0.320 e. The maximum Gasteiger partial charge on any atom is 0.320 e. The molecule has 3 heterocycles. The molecule has 0 aromatic heterocycles. The van der Waals surface area contributed by atoms with Gasteiger partial charge in [-0.15, -0.1) is 0 Å². The number of nitrogens with one attached hydrogen (secondary N) is 1. The molecule has 152 valence electrons. The molecule has 0 spiro atoms. The molecule has 0 aliphatic carbocycles. The van der Waals surface area contributed by atoms with E-state index in [9.17, 15) is 14.0 Å². The van der Waals surface area contributed by atoms with Gasteiger partial charge in [0.15, 0.2) is 0 Å². The first-order valence-corrected chi connectivity index (χ1v) is 10.3. The van der Waals surface area contributed by atoms with E-state index in [1.54, 1.807) is 11.0 Å². The van der Waals surface area contributed by atoms with Gasteiger partial charge < -0.3 is 19.9 Å². The third-order valence-corrected chi connectivity index (χ3v) is 6.56. The SMILES string of the molecule is Cc1ccc(CC(S)C2CN(C(=O)N3CC[C@@H]4OCC(=O)N[C@@H]4C3)C2)c(F)c1. The summed E-state index contributed by atoms with van der Waals surface area (Å²) in [5, 5.41) is 2.93. The fourth-order valence-electron chi connectivity index (χ4n) is 4.20. The van der Waals surface area contributed by atoms with Crippen molar-refractivity contribution in [3.8, 4) is 0 Å².